The lowest BCUT2D eigenvalue weighted by atomic mass is 9.92. The normalized spacial score (nSPS) is 17.5. The van der Waals surface area contributed by atoms with Crippen LogP contribution < -0.4 is 10.2 Å². The lowest BCUT2D eigenvalue weighted by Crippen LogP contribution is -2.27. The number of H-pyrrole nitrogens is 1. The zero-order chi connectivity index (χ0) is 21.2. The number of allylic oxidation sites excluding steroid dienone is 4. The minimum Gasteiger partial charge on any atom is -0.392 e. The number of carbonyl (C=O) groups excluding carboxylic acids is 1. The lowest BCUT2D eigenvalue weighted by molar-refractivity contribution is -0.113. The van der Waals surface area contributed by atoms with Gasteiger partial charge >= 0.3 is 0 Å². The van der Waals surface area contributed by atoms with Crippen LogP contribution in [-0.4, -0.2) is 47.0 Å². The number of nitrogens with zero attached hydrogens (tertiary/aromatic N) is 2. The molecule has 2 aliphatic rings. The van der Waals surface area contributed by atoms with Crippen LogP contribution in [0.25, 0.3) is 22.2 Å². The number of hydrogen-bond acceptors (Lipinski definition) is 5. The van der Waals surface area contributed by atoms with Crippen molar-refractivity contribution in [2.75, 3.05) is 31.1 Å². The molecule has 6 heteroatoms. The van der Waals surface area contributed by atoms with E-state index < -0.39 is 0 Å². The second-order valence-corrected chi connectivity index (χ2v) is 8.08. The predicted octanol–water partition coefficient (Wildman–Crippen LogP) is 3.29. The third-order valence-electron chi connectivity index (χ3n) is 5.98. The van der Waals surface area contributed by atoms with Crippen LogP contribution in [0.15, 0.2) is 54.6 Å². The number of aliphatic hydroxyl groups is 1. The Kier molecular flexibility index (Phi) is 5.40. The number of aromatic nitrogens is 2. The van der Waals surface area contributed by atoms with E-state index in [0.29, 0.717) is 17.8 Å². The molecule has 6 nitrogen and oxygen atoms in total. The van der Waals surface area contributed by atoms with Gasteiger partial charge in [-0.15, -0.1) is 0 Å². The van der Waals surface area contributed by atoms with E-state index in [1.54, 1.807) is 0 Å². The third-order valence-corrected chi connectivity index (χ3v) is 5.98. The SMILES string of the molecule is O=C1CC=C(c2cccc(CO)c2)C=C1c1nc2ccc(N3CCCNCC3)cc2[nH]1. The molecule has 1 aliphatic heterocycles. The van der Waals surface area contributed by atoms with Gasteiger partial charge in [0, 0.05) is 31.7 Å². The first-order chi connectivity index (χ1) is 15.2. The molecule has 0 unspecified atom stereocenters. The summed E-state index contributed by atoms with van der Waals surface area (Å²) < 4.78 is 0. The minimum atomic E-state index is -0.00436. The molecular weight excluding hydrogens is 388 g/mol. The van der Waals surface area contributed by atoms with E-state index >= 15 is 0 Å². The first-order valence-corrected chi connectivity index (χ1v) is 10.8. The number of rotatable bonds is 4. The summed E-state index contributed by atoms with van der Waals surface area (Å²) in [6.07, 6.45) is 5.31. The Bertz CT molecular complexity index is 1180. The monoisotopic (exact) mass is 414 g/mol. The number of nitrogens with one attached hydrogen (secondary N) is 2. The van der Waals surface area contributed by atoms with Crippen molar-refractivity contribution in [3.63, 3.8) is 0 Å². The van der Waals surface area contributed by atoms with Gasteiger partial charge in [0.2, 0.25) is 0 Å². The maximum Gasteiger partial charge on any atom is 0.170 e. The lowest BCUT2D eigenvalue weighted by Gasteiger charge is -2.22. The standard InChI is InChI=1S/C25H26N4O2/c30-16-17-3-1-4-18(13-17)19-5-8-24(31)21(14-19)25-27-22-7-6-20(15-23(22)28-25)29-11-2-9-26-10-12-29/h1,3-7,13-15,26,30H,2,8-12,16H2,(H,27,28). The molecule has 1 saturated heterocycles. The number of carbonyl (C=O) groups is 1. The Balaban J connectivity index is 1.47. The highest BCUT2D eigenvalue weighted by atomic mass is 16.3. The van der Waals surface area contributed by atoms with Gasteiger partial charge in [-0.1, -0.05) is 24.3 Å². The van der Waals surface area contributed by atoms with Crippen molar-refractivity contribution >= 4 is 33.7 Å². The predicted molar refractivity (Wildman–Crippen MR) is 124 cm³/mol. The van der Waals surface area contributed by atoms with Gasteiger partial charge in [0.15, 0.2) is 5.78 Å². The summed E-state index contributed by atoms with van der Waals surface area (Å²) in [5.74, 6) is 0.665. The van der Waals surface area contributed by atoms with Crippen molar-refractivity contribution in [3.8, 4) is 0 Å². The number of aliphatic hydroxyl groups excluding tert-OH is 1. The number of anilines is 1. The topological polar surface area (TPSA) is 81.2 Å². The van der Waals surface area contributed by atoms with E-state index in [1.165, 1.54) is 5.69 Å². The second kappa shape index (κ2) is 8.49. The zero-order valence-corrected chi connectivity index (χ0v) is 17.4. The van der Waals surface area contributed by atoms with Crippen LogP contribution in [0.1, 0.15) is 29.8 Å². The van der Waals surface area contributed by atoms with Gasteiger partial charge in [-0.25, -0.2) is 4.98 Å². The van der Waals surface area contributed by atoms with Crippen LogP contribution in [-0.2, 0) is 11.4 Å². The summed E-state index contributed by atoms with van der Waals surface area (Å²) in [4.78, 5) is 23.2. The molecule has 0 atom stereocenters. The molecule has 158 valence electrons. The molecule has 1 aromatic heterocycles. The molecule has 2 heterocycles. The summed E-state index contributed by atoms with van der Waals surface area (Å²) in [5.41, 5.74) is 6.40. The van der Waals surface area contributed by atoms with E-state index in [2.05, 4.69) is 27.3 Å². The quantitative estimate of drug-likeness (QED) is 0.610. The Morgan fingerprint density at radius 2 is 2.03 bits per heavy atom. The van der Waals surface area contributed by atoms with Gasteiger partial charge in [-0.3, -0.25) is 4.79 Å². The molecule has 0 amide bonds. The van der Waals surface area contributed by atoms with Gasteiger partial charge in [-0.05, 0) is 60.0 Å². The highest BCUT2D eigenvalue weighted by Gasteiger charge is 2.20. The van der Waals surface area contributed by atoms with Crippen molar-refractivity contribution in [1.29, 1.82) is 0 Å². The fraction of sp³-hybridized carbons (Fsp3) is 0.280. The summed E-state index contributed by atoms with van der Waals surface area (Å²) in [5, 5.41) is 12.9. The molecule has 0 saturated carbocycles. The molecule has 3 aromatic rings. The first kappa shape index (κ1) is 19.7. The highest BCUT2D eigenvalue weighted by Crippen LogP contribution is 2.30. The number of aromatic amines is 1. The number of fused-ring (bicyclic) bond motifs is 1. The van der Waals surface area contributed by atoms with Crippen LogP contribution >= 0.6 is 0 Å². The average Bonchev–Trinajstić information content (AvgIpc) is 3.03. The molecule has 0 spiro atoms. The Labute approximate surface area is 181 Å². The van der Waals surface area contributed by atoms with Crippen LogP contribution in [0.3, 0.4) is 0 Å². The second-order valence-electron chi connectivity index (χ2n) is 8.08. The molecule has 1 fully saturated rings. The van der Waals surface area contributed by atoms with Crippen LogP contribution in [0.2, 0.25) is 0 Å². The number of imidazole rings is 1. The van der Waals surface area contributed by atoms with Gasteiger partial charge in [0.1, 0.15) is 5.82 Å². The molecule has 3 N–H and O–H groups in total. The number of ketones is 1. The molecule has 31 heavy (non-hydrogen) atoms. The molecule has 2 aromatic carbocycles. The van der Waals surface area contributed by atoms with Gasteiger partial charge in [0.05, 0.1) is 23.2 Å². The van der Waals surface area contributed by atoms with Crippen molar-refractivity contribution in [1.82, 2.24) is 15.3 Å². The van der Waals surface area contributed by atoms with Crippen molar-refractivity contribution < 1.29 is 9.90 Å². The van der Waals surface area contributed by atoms with E-state index in [-0.39, 0.29) is 12.4 Å². The molecule has 1 aliphatic carbocycles. The molecule has 0 bridgehead atoms. The van der Waals surface area contributed by atoms with E-state index in [9.17, 15) is 9.90 Å². The summed E-state index contributed by atoms with van der Waals surface area (Å²) in [6, 6.07) is 14.0. The third kappa shape index (κ3) is 4.04. The minimum absolute atomic E-state index is 0.00436. The van der Waals surface area contributed by atoms with Crippen molar-refractivity contribution in [2.24, 2.45) is 0 Å². The van der Waals surface area contributed by atoms with Gasteiger partial charge in [0.25, 0.3) is 0 Å². The Hall–Kier alpha value is -3.22. The van der Waals surface area contributed by atoms with Crippen LogP contribution in [0, 0.1) is 0 Å². The number of benzene rings is 2. The smallest absolute Gasteiger partial charge is 0.170 e. The summed E-state index contributed by atoms with van der Waals surface area (Å²) >= 11 is 0. The maximum atomic E-state index is 12.7. The molecular formula is C25H26N4O2. The van der Waals surface area contributed by atoms with Crippen LogP contribution in [0.4, 0.5) is 5.69 Å². The fourth-order valence-electron chi connectivity index (χ4n) is 4.28. The molecule has 0 radical (unpaired) electrons. The Morgan fingerprint density at radius 1 is 1.10 bits per heavy atom. The largest absolute Gasteiger partial charge is 0.392 e. The highest BCUT2D eigenvalue weighted by molar-refractivity contribution is 6.24. The Morgan fingerprint density at radius 3 is 2.94 bits per heavy atom. The zero-order valence-electron chi connectivity index (χ0n) is 17.4. The van der Waals surface area contributed by atoms with Crippen LogP contribution in [0.5, 0.6) is 0 Å². The van der Waals surface area contributed by atoms with E-state index in [1.807, 2.05) is 42.5 Å². The first-order valence-electron chi connectivity index (χ1n) is 10.8. The van der Waals surface area contributed by atoms with Crippen molar-refractivity contribution in [2.45, 2.75) is 19.4 Å². The van der Waals surface area contributed by atoms with E-state index in [4.69, 9.17) is 4.98 Å². The summed E-state index contributed by atoms with van der Waals surface area (Å²) in [6.45, 7) is 4.05. The van der Waals surface area contributed by atoms with E-state index in [0.717, 1.165) is 60.3 Å². The number of Topliss-reactive ketones (excluding diaryl/α,β-unsaturated/α-hetero) is 1. The summed E-state index contributed by atoms with van der Waals surface area (Å²) in [7, 11) is 0. The maximum absolute atomic E-state index is 12.7. The number of hydrogen-bond donors (Lipinski definition) is 3. The van der Waals surface area contributed by atoms with Crippen molar-refractivity contribution in [3.05, 3.63) is 71.6 Å². The average molecular weight is 415 g/mol. The van der Waals surface area contributed by atoms with Gasteiger partial charge < -0.3 is 20.3 Å². The fourth-order valence-corrected chi connectivity index (χ4v) is 4.28. The van der Waals surface area contributed by atoms with Gasteiger partial charge in [-0.2, -0.15) is 0 Å². The molecule has 5 rings (SSSR count).